The first-order valence-corrected chi connectivity index (χ1v) is 4.56. The zero-order valence-electron chi connectivity index (χ0n) is 8.27. The second-order valence-corrected chi connectivity index (χ2v) is 3.53. The molecule has 0 saturated carbocycles. The molecule has 1 amide bonds. The van der Waals surface area contributed by atoms with Crippen LogP contribution in [0, 0.1) is 0 Å². The summed E-state index contributed by atoms with van der Waals surface area (Å²) in [4.78, 5) is 22.3. The second kappa shape index (κ2) is 4.56. The summed E-state index contributed by atoms with van der Waals surface area (Å²) in [6, 6.07) is -0.957. The van der Waals surface area contributed by atoms with Crippen LogP contribution < -0.4 is 0 Å². The Hall–Kier alpha value is -1.50. The molecule has 0 aromatic carbocycles. The van der Waals surface area contributed by atoms with Crippen LogP contribution in [0.4, 0.5) is 8.78 Å². The van der Waals surface area contributed by atoms with Crippen LogP contribution >= 0.6 is 0 Å². The number of amides is 1. The number of carbonyl (C=O) groups is 2. The molecule has 1 aliphatic rings. The molecule has 0 aromatic rings. The first-order valence-electron chi connectivity index (χ1n) is 4.56. The predicted octanol–water partition coefficient (Wildman–Crippen LogP) is -0.144. The number of halogens is 2. The van der Waals surface area contributed by atoms with Crippen molar-refractivity contribution < 1.29 is 28.6 Å². The van der Waals surface area contributed by atoms with Crippen LogP contribution in [0.3, 0.4) is 0 Å². The number of likely N-dealkylation sites (tertiary alicyclic amines) is 1. The normalized spacial score (nSPS) is 23.9. The van der Waals surface area contributed by atoms with Gasteiger partial charge in [-0.1, -0.05) is 0 Å². The van der Waals surface area contributed by atoms with Gasteiger partial charge in [-0.2, -0.15) is 0 Å². The lowest BCUT2D eigenvalue weighted by atomic mass is 10.2. The van der Waals surface area contributed by atoms with Crippen LogP contribution in [0.2, 0.25) is 0 Å². The molecule has 5 nitrogen and oxygen atoms in total. The summed E-state index contributed by atoms with van der Waals surface area (Å²) in [5.41, 5.74) is 0. The Morgan fingerprint density at radius 1 is 1.44 bits per heavy atom. The van der Waals surface area contributed by atoms with Crippen LogP contribution in [0.25, 0.3) is 0 Å². The standard InChI is InChI=1S/C9H11F2NO4/c10-9(11)3-6(4-13)12(5-9)7(14)1-2-8(15)16/h1-2,6,13H,3-5H2,(H,15,16)/b2-1+. The summed E-state index contributed by atoms with van der Waals surface area (Å²) in [5, 5.41) is 17.1. The average Bonchev–Trinajstić information content (AvgIpc) is 2.50. The third-order valence-corrected chi connectivity index (χ3v) is 2.24. The molecule has 2 N–H and O–H groups in total. The highest BCUT2D eigenvalue weighted by molar-refractivity contribution is 5.94. The Balaban J connectivity index is 2.72. The SMILES string of the molecule is O=C(O)/C=C/C(=O)N1CC(F)(F)CC1CO. The Labute approximate surface area is 90.0 Å². The highest BCUT2D eigenvalue weighted by atomic mass is 19.3. The monoisotopic (exact) mass is 235 g/mol. The Morgan fingerprint density at radius 2 is 2.06 bits per heavy atom. The van der Waals surface area contributed by atoms with E-state index in [1.807, 2.05) is 0 Å². The van der Waals surface area contributed by atoms with E-state index >= 15 is 0 Å². The molecule has 1 atom stereocenters. The second-order valence-electron chi connectivity index (χ2n) is 3.53. The van der Waals surface area contributed by atoms with E-state index in [9.17, 15) is 18.4 Å². The third kappa shape index (κ3) is 2.99. The molecular weight excluding hydrogens is 224 g/mol. The van der Waals surface area contributed by atoms with Crippen molar-refractivity contribution in [1.82, 2.24) is 4.90 Å². The van der Waals surface area contributed by atoms with Crippen molar-refractivity contribution in [3.63, 3.8) is 0 Å². The molecular formula is C9H11F2NO4. The molecule has 7 heteroatoms. The lowest BCUT2D eigenvalue weighted by Crippen LogP contribution is -2.37. The fourth-order valence-corrected chi connectivity index (χ4v) is 1.56. The van der Waals surface area contributed by atoms with Crippen molar-refractivity contribution in [2.75, 3.05) is 13.2 Å². The van der Waals surface area contributed by atoms with Gasteiger partial charge in [-0.3, -0.25) is 4.79 Å². The summed E-state index contributed by atoms with van der Waals surface area (Å²) in [5.74, 6) is -5.20. The van der Waals surface area contributed by atoms with Gasteiger partial charge in [-0.05, 0) is 0 Å². The van der Waals surface area contributed by atoms with Crippen molar-refractivity contribution in [2.45, 2.75) is 18.4 Å². The quantitative estimate of drug-likeness (QED) is 0.667. The average molecular weight is 235 g/mol. The lowest BCUT2D eigenvalue weighted by Gasteiger charge is -2.20. The van der Waals surface area contributed by atoms with Gasteiger partial charge >= 0.3 is 5.97 Å². The fraction of sp³-hybridized carbons (Fsp3) is 0.556. The maximum absolute atomic E-state index is 12.9. The number of alkyl halides is 2. The maximum Gasteiger partial charge on any atom is 0.328 e. The van der Waals surface area contributed by atoms with Gasteiger partial charge in [0.1, 0.15) is 0 Å². The van der Waals surface area contributed by atoms with Crippen molar-refractivity contribution in [3.05, 3.63) is 12.2 Å². The van der Waals surface area contributed by atoms with E-state index in [-0.39, 0.29) is 0 Å². The Morgan fingerprint density at radius 3 is 2.56 bits per heavy atom. The highest BCUT2D eigenvalue weighted by Gasteiger charge is 2.46. The van der Waals surface area contributed by atoms with E-state index in [2.05, 4.69) is 0 Å². The molecule has 0 bridgehead atoms. The summed E-state index contributed by atoms with van der Waals surface area (Å²) >= 11 is 0. The third-order valence-electron chi connectivity index (χ3n) is 2.24. The number of carbonyl (C=O) groups excluding carboxylic acids is 1. The number of aliphatic hydroxyl groups is 1. The van der Waals surface area contributed by atoms with Gasteiger partial charge < -0.3 is 15.1 Å². The van der Waals surface area contributed by atoms with Crippen LogP contribution in [0.5, 0.6) is 0 Å². The fourth-order valence-electron chi connectivity index (χ4n) is 1.56. The largest absolute Gasteiger partial charge is 0.478 e. The van der Waals surface area contributed by atoms with E-state index in [1.54, 1.807) is 0 Å². The summed E-state index contributed by atoms with van der Waals surface area (Å²) in [6.45, 7) is -1.36. The predicted molar refractivity (Wildman–Crippen MR) is 48.9 cm³/mol. The molecule has 1 heterocycles. The molecule has 1 rings (SSSR count). The van der Waals surface area contributed by atoms with Crippen molar-refractivity contribution in [1.29, 1.82) is 0 Å². The van der Waals surface area contributed by atoms with E-state index in [0.29, 0.717) is 12.2 Å². The smallest absolute Gasteiger partial charge is 0.328 e. The first-order chi connectivity index (χ1) is 7.35. The number of hydrogen-bond donors (Lipinski definition) is 2. The molecule has 1 unspecified atom stereocenters. The highest BCUT2D eigenvalue weighted by Crippen LogP contribution is 2.31. The van der Waals surface area contributed by atoms with E-state index in [1.165, 1.54) is 0 Å². The molecule has 0 radical (unpaired) electrons. The van der Waals surface area contributed by atoms with Gasteiger partial charge in [0.2, 0.25) is 5.91 Å². The van der Waals surface area contributed by atoms with Gasteiger partial charge in [0, 0.05) is 18.6 Å². The van der Waals surface area contributed by atoms with Crippen LogP contribution in [-0.2, 0) is 9.59 Å². The molecule has 1 fully saturated rings. The van der Waals surface area contributed by atoms with Crippen LogP contribution in [0.15, 0.2) is 12.2 Å². The van der Waals surface area contributed by atoms with Gasteiger partial charge in [0.25, 0.3) is 5.92 Å². The minimum atomic E-state index is -3.03. The van der Waals surface area contributed by atoms with E-state index in [0.717, 1.165) is 4.90 Å². The number of nitrogens with zero attached hydrogens (tertiary/aromatic N) is 1. The van der Waals surface area contributed by atoms with Gasteiger partial charge in [0.15, 0.2) is 0 Å². The molecule has 0 spiro atoms. The minimum Gasteiger partial charge on any atom is -0.478 e. The van der Waals surface area contributed by atoms with Crippen molar-refractivity contribution >= 4 is 11.9 Å². The summed E-state index contributed by atoms with van der Waals surface area (Å²) in [6.07, 6.45) is 0.676. The van der Waals surface area contributed by atoms with Crippen molar-refractivity contribution in [2.24, 2.45) is 0 Å². The molecule has 0 aliphatic carbocycles. The molecule has 90 valence electrons. The molecule has 1 aliphatic heterocycles. The summed E-state index contributed by atoms with van der Waals surface area (Å²) < 4.78 is 25.9. The summed E-state index contributed by atoms with van der Waals surface area (Å²) in [7, 11) is 0. The Bertz CT molecular complexity index is 329. The van der Waals surface area contributed by atoms with Crippen molar-refractivity contribution in [3.8, 4) is 0 Å². The zero-order valence-corrected chi connectivity index (χ0v) is 8.27. The zero-order chi connectivity index (χ0) is 12.3. The molecule has 1 saturated heterocycles. The topological polar surface area (TPSA) is 77.8 Å². The number of aliphatic hydroxyl groups excluding tert-OH is 1. The number of rotatable bonds is 3. The molecule has 16 heavy (non-hydrogen) atoms. The van der Waals surface area contributed by atoms with E-state index in [4.69, 9.17) is 10.2 Å². The van der Waals surface area contributed by atoms with Crippen LogP contribution in [0.1, 0.15) is 6.42 Å². The molecule has 0 aromatic heterocycles. The minimum absolute atomic E-state index is 0.567. The van der Waals surface area contributed by atoms with Gasteiger partial charge in [-0.15, -0.1) is 0 Å². The van der Waals surface area contributed by atoms with E-state index < -0.39 is 43.4 Å². The Kier molecular flexibility index (Phi) is 3.58. The van der Waals surface area contributed by atoms with Crippen LogP contribution in [-0.4, -0.2) is 52.1 Å². The number of aliphatic carboxylic acids is 1. The number of carboxylic acid groups (broad SMARTS) is 1. The van der Waals surface area contributed by atoms with Gasteiger partial charge in [0.05, 0.1) is 19.2 Å². The van der Waals surface area contributed by atoms with Gasteiger partial charge in [-0.25, -0.2) is 13.6 Å². The first kappa shape index (κ1) is 12.6. The maximum atomic E-state index is 12.9. The number of carboxylic acids is 1. The lowest BCUT2D eigenvalue weighted by molar-refractivity contribution is -0.132. The number of hydrogen-bond acceptors (Lipinski definition) is 3.